The average molecular weight is 219 g/mol. The van der Waals surface area contributed by atoms with Crippen molar-refractivity contribution < 1.29 is 9.84 Å². The molecule has 0 aliphatic heterocycles. The van der Waals surface area contributed by atoms with Crippen molar-refractivity contribution in [3.63, 3.8) is 0 Å². The highest BCUT2D eigenvalue weighted by Gasteiger charge is 2.05. The van der Waals surface area contributed by atoms with Gasteiger partial charge in [0.1, 0.15) is 5.69 Å². The molecule has 0 bridgehead atoms. The molecule has 0 fully saturated rings. The zero-order valence-corrected chi connectivity index (χ0v) is 8.47. The van der Waals surface area contributed by atoms with E-state index in [0.717, 1.165) is 6.07 Å². The number of methoxy groups -OCH3 is 1. The number of rotatable bonds is 2. The van der Waals surface area contributed by atoms with Crippen molar-refractivity contribution in [1.82, 2.24) is 15.0 Å². The maximum Gasteiger partial charge on any atom is 0.255 e. The van der Waals surface area contributed by atoms with Crippen LogP contribution in [0.2, 0.25) is 0 Å². The van der Waals surface area contributed by atoms with Crippen LogP contribution >= 0.6 is 0 Å². The van der Waals surface area contributed by atoms with E-state index in [4.69, 9.17) is 4.74 Å². The van der Waals surface area contributed by atoms with E-state index in [1.165, 1.54) is 7.11 Å². The topological polar surface area (TPSA) is 88.1 Å². The third-order valence-corrected chi connectivity index (χ3v) is 1.90. The van der Waals surface area contributed by atoms with Gasteiger partial charge in [-0.15, -0.1) is 0 Å². The first kappa shape index (κ1) is 10.2. The standard InChI is InChI=1S/C10H9N3O3/c1-16-9-4-2-3-6(11-9)10-12-7(14)5-8(15)13-10/h2-5H,1H3,(H2,12,13,14,15). The van der Waals surface area contributed by atoms with Gasteiger partial charge >= 0.3 is 0 Å². The van der Waals surface area contributed by atoms with E-state index < -0.39 is 5.56 Å². The van der Waals surface area contributed by atoms with E-state index in [0.29, 0.717) is 11.6 Å². The number of hydrogen-bond donors (Lipinski definition) is 2. The van der Waals surface area contributed by atoms with Crippen molar-refractivity contribution in [1.29, 1.82) is 0 Å². The third-order valence-electron chi connectivity index (χ3n) is 1.90. The maximum absolute atomic E-state index is 11.1. The van der Waals surface area contributed by atoms with Crippen LogP contribution in [-0.2, 0) is 0 Å². The van der Waals surface area contributed by atoms with Gasteiger partial charge in [0, 0.05) is 6.07 Å². The predicted molar refractivity (Wildman–Crippen MR) is 56.3 cm³/mol. The summed E-state index contributed by atoms with van der Waals surface area (Å²) in [6.07, 6.45) is 0. The van der Waals surface area contributed by atoms with Gasteiger partial charge in [-0.2, -0.15) is 4.98 Å². The molecule has 0 spiro atoms. The van der Waals surface area contributed by atoms with Gasteiger partial charge in [0.15, 0.2) is 5.82 Å². The Balaban J connectivity index is 2.53. The Bertz CT molecular complexity index is 565. The summed E-state index contributed by atoms with van der Waals surface area (Å²) in [6, 6.07) is 6.03. The highest BCUT2D eigenvalue weighted by atomic mass is 16.5. The van der Waals surface area contributed by atoms with Crippen molar-refractivity contribution in [3.8, 4) is 23.3 Å². The molecule has 0 saturated heterocycles. The molecular formula is C10H9N3O3. The Morgan fingerprint density at radius 3 is 2.88 bits per heavy atom. The highest BCUT2D eigenvalue weighted by molar-refractivity contribution is 5.50. The normalized spacial score (nSPS) is 10.1. The van der Waals surface area contributed by atoms with Crippen LogP contribution in [0, 0.1) is 0 Å². The lowest BCUT2D eigenvalue weighted by molar-refractivity contribution is 0.398. The number of aromatic hydroxyl groups is 1. The molecular weight excluding hydrogens is 210 g/mol. The van der Waals surface area contributed by atoms with Gasteiger partial charge in [0.25, 0.3) is 5.56 Å². The average Bonchev–Trinajstić information content (AvgIpc) is 2.28. The van der Waals surface area contributed by atoms with Crippen LogP contribution in [0.25, 0.3) is 11.5 Å². The van der Waals surface area contributed by atoms with Gasteiger partial charge in [-0.05, 0) is 6.07 Å². The number of aromatic nitrogens is 3. The summed E-state index contributed by atoms with van der Waals surface area (Å²) in [6.45, 7) is 0. The molecule has 2 N–H and O–H groups in total. The van der Waals surface area contributed by atoms with Crippen LogP contribution in [-0.4, -0.2) is 27.2 Å². The molecule has 0 aliphatic rings. The quantitative estimate of drug-likeness (QED) is 0.769. The van der Waals surface area contributed by atoms with Crippen LogP contribution in [0.4, 0.5) is 0 Å². The van der Waals surface area contributed by atoms with Gasteiger partial charge < -0.3 is 14.8 Å². The number of nitrogens with one attached hydrogen (secondary N) is 1. The van der Waals surface area contributed by atoms with Crippen molar-refractivity contribution in [2.45, 2.75) is 0 Å². The van der Waals surface area contributed by atoms with Crippen LogP contribution in [0.5, 0.6) is 11.8 Å². The minimum atomic E-state index is -0.438. The van der Waals surface area contributed by atoms with Crippen LogP contribution < -0.4 is 10.3 Å². The molecule has 0 aromatic carbocycles. The molecule has 2 aromatic heterocycles. The molecule has 6 heteroatoms. The largest absolute Gasteiger partial charge is 0.493 e. The van der Waals surface area contributed by atoms with E-state index in [9.17, 15) is 9.90 Å². The molecule has 0 amide bonds. The molecule has 0 unspecified atom stereocenters. The lowest BCUT2D eigenvalue weighted by Crippen LogP contribution is -2.07. The van der Waals surface area contributed by atoms with Crippen molar-refractivity contribution in [2.75, 3.05) is 7.11 Å². The fourth-order valence-electron chi connectivity index (χ4n) is 1.23. The summed E-state index contributed by atoms with van der Waals surface area (Å²) in [4.78, 5) is 21.4. The minimum Gasteiger partial charge on any atom is -0.493 e. The fourth-order valence-corrected chi connectivity index (χ4v) is 1.23. The molecule has 0 saturated carbocycles. The number of nitrogens with zero attached hydrogens (tertiary/aromatic N) is 2. The molecule has 0 aliphatic carbocycles. The van der Waals surface area contributed by atoms with Crippen LogP contribution in [0.1, 0.15) is 0 Å². The summed E-state index contributed by atoms with van der Waals surface area (Å²) in [5.74, 6) is 0.260. The molecule has 2 rings (SSSR count). The van der Waals surface area contributed by atoms with Gasteiger partial charge in [-0.3, -0.25) is 4.79 Å². The summed E-state index contributed by atoms with van der Waals surface area (Å²) in [5, 5.41) is 9.19. The zero-order chi connectivity index (χ0) is 11.5. The first-order valence-corrected chi connectivity index (χ1v) is 4.51. The molecule has 2 aromatic rings. The molecule has 0 atom stereocenters. The molecule has 16 heavy (non-hydrogen) atoms. The van der Waals surface area contributed by atoms with Crippen LogP contribution in [0.3, 0.4) is 0 Å². The monoisotopic (exact) mass is 219 g/mol. The minimum absolute atomic E-state index is 0.198. The molecule has 6 nitrogen and oxygen atoms in total. The van der Waals surface area contributed by atoms with Gasteiger partial charge in [0.05, 0.1) is 13.2 Å². The Kier molecular flexibility index (Phi) is 2.55. The van der Waals surface area contributed by atoms with Gasteiger partial charge in [-0.1, -0.05) is 6.07 Å². The molecule has 0 radical (unpaired) electrons. The smallest absolute Gasteiger partial charge is 0.255 e. The summed E-state index contributed by atoms with van der Waals surface area (Å²) in [7, 11) is 1.49. The van der Waals surface area contributed by atoms with Gasteiger partial charge in [-0.25, -0.2) is 4.98 Å². The van der Waals surface area contributed by atoms with E-state index in [2.05, 4.69) is 15.0 Å². The highest BCUT2D eigenvalue weighted by Crippen LogP contribution is 2.15. The van der Waals surface area contributed by atoms with Gasteiger partial charge in [0.2, 0.25) is 11.8 Å². The Morgan fingerprint density at radius 1 is 1.38 bits per heavy atom. The number of hydrogen-bond acceptors (Lipinski definition) is 5. The first-order chi connectivity index (χ1) is 7.69. The van der Waals surface area contributed by atoms with Crippen molar-refractivity contribution in [3.05, 3.63) is 34.6 Å². The van der Waals surface area contributed by atoms with E-state index in [1.807, 2.05) is 0 Å². The number of pyridine rings is 1. The van der Waals surface area contributed by atoms with Crippen molar-refractivity contribution >= 4 is 0 Å². The molecule has 2 heterocycles. The lowest BCUT2D eigenvalue weighted by atomic mass is 10.3. The van der Waals surface area contributed by atoms with E-state index >= 15 is 0 Å². The Morgan fingerprint density at radius 2 is 2.19 bits per heavy atom. The zero-order valence-electron chi connectivity index (χ0n) is 8.47. The predicted octanol–water partition coefficient (Wildman–Crippen LogP) is 0.546. The maximum atomic E-state index is 11.1. The summed E-state index contributed by atoms with van der Waals surface area (Å²) < 4.78 is 4.94. The van der Waals surface area contributed by atoms with Crippen molar-refractivity contribution in [2.24, 2.45) is 0 Å². The van der Waals surface area contributed by atoms with Crippen LogP contribution in [0.15, 0.2) is 29.1 Å². The second kappa shape index (κ2) is 4.01. The second-order valence-electron chi connectivity index (χ2n) is 3.02. The Hall–Kier alpha value is -2.37. The fraction of sp³-hybridized carbons (Fsp3) is 0.100. The molecule has 82 valence electrons. The van der Waals surface area contributed by atoms with E-state index in [1.54, 1.807) is 18.2 Å². The third kappa shape index (κ3) is 2.00. The second-order valence-corrected chi connectivity index (χ2v) is 3.02. The number of H-pyrrole nitrogens is 1. The number of ether oxygens (including phenoxy) is 1. The SMILES string of the molecule is COc1cccc(-c2nc(O)cc(=O)[nH]2)n1. The summed E-state index contributed by atoms with van der Waals surface area (Å²) >= 11 is 0. The first-order valence-electron chi connectivity index (χ1n) is 4.51. The summed E-state index contributed by atoms with van der Waals surface area (Å²) in [5.41, 5.74) is -0.0144. The Labute approximate surface area is 90.6 Å². The number of aromatic amines is 1. The van der Waals surface area contributed by atoms with E-state index in [-0.39, 0.29) is 11.7 Å². The lowest BCUT2D eigenvalue weighted by Gasteiger charge is -2.02.